The van der Waals surface area contributed by atoms with Crippen LogP contribution in [0.5, 0.6) is 0 Å². The van der Waals surface area contributed by atoms with Gasteiger partial charge in [0.15, 0.2) is 0 Å². The number of nitrogens with zero attached hydrogens (tertiary/aromatic N) is 1. The highest BCUT2D eigenvalue weighted by Gasteiger charge is 2.32. The SMILES string of the molecule is C=CCN1C(=O)N/C(=C/c2ccc(-c3cc(C(=O)[O-])ccc3Cl)o2)C1=O. The van der Waals surface area contributed by atoms with Gasteiger partial charge in [-0.3, -0.25) is 9.69 Å². The molecule has 1 aromatic heterocycles. The molecule has 1 aliphatic heterocycles. The molecule has 1 aliphatic rings. The number of furan rings is 1. The molecule has 26 heavy (non-hydrogen) atoms. The number of rotatable bonds is 5. The average molecular weight is 372 g/mol. The van der Waals surface area contributed by atoms with Gasteiger partial charge in [0, 0.05) is 18.2 Å². The highest BCUT2D eigenvalue weighted by Crippen LogP contribution is 2.31. The summed E-state index contributed by atoms with van der Waals surface area (Å²) < 4.78 is 5.61. The summed E-state index contributed by atoms with van der Waals surface area (Å²) in [4.78, 5) is 35.9. The summed E-state index contributed by atoms with van der Waals surface area (Å²) in [6.45, 7) is 3.59. The van der Waals surface area contributed by atoms with Gasteiger partial charge in [0.25, 0.3) is 5.91 Å². The highest BCUT2D eigenvalue weighted by molar-refractivity contribution is 6.33. The maximum Gasteiger partial charge on any atom is 0.329 e. The van der Waals surface area contributed by atoms with E-state index in [0.29, 0.717) is 22.1 Å². The standard InChI is InChI=1S/C18H13ClN2O5/c1-2-7-21-16(22)14(20-18(21)25)9-11-4-6-15(26-11)12-8-10(17(23)24)3-5-13(12)19/h2-6,8-9H,1,7H2,(H,20,25)(H,23,24)/p-1/b14-9+. The Balaban J connectivity index is 1.91. The molecule has 0 bridgehead atoms. The maximum atomic E-state index is 12.2. The Labute approximate surface area is 153 Å². The Hall–Kier alpha value is -3.32. The summed E-state index contributed by atoms with van der Waals surface area (Å²) in [7, 11) is 0. The van der Waals surface area contributed by atoms with Crippen molar-refractivity contribution in [3.63, 3.8) is 0 Å². The van der Waals surface area contributed by atoms with Crippen molar-refractivity contribution in [3.8, 4) is 11.3 Å². The zero-order chi connectivity index (χ0) is 18.8. The highest BCUT2D eigenvalue weighted by atomic mass is 35.5. The van der Waals surface area contributed by atoms with Crippen LogP contribution in [0.1, 0.15) is 16.1 Å². The van der Waals surface area contributed by atoms with E-state index in [1.807, 2.05) is 0 Å². The Morgan fingerprint density at radius 2 is 2.08 bits per heavy atom. The molecular weight excluding hydrogens is 360 g/mol. The van der Waals surface area contributed by atoms with Gasteiger partial charge in [0.1, 0.15) is 17.2 Å². The lowest BCUT2D eigenvalue weighted by molar-refractivity contribution is -0.255. The van der Waals surface area contributed by atoms with E-state index in [1.54, 1.807) is 12.1 Å². The Morgan fingerprint density at radius 3 is 2.77 bits per heavy atom. The normalized spacial score (nSPS) is 15.4. The fourth-order valence-corrected chi connectivity index (χ4v) is 2.64. The van der Waals surface area contributed by atoms with Crippen LogP contribution in [0.2, 0.25) is 5.02 Å². The minimum atomic E-state index is -1.33. The Bertz CT molecular complexity index is 960. The molecule has 0 radical (unpaired) electrons. The summed E-state index contributed by atoms with van der Waals surface area (Å²) in [6.07, 6.45) is 2.82. The first-order chi connectivity index (χ1) is 12.4. The number of hydrogen-bond donors (Lipinski definition) is 1. The first kappa shape index (κ1) is 17.5. The molecule has 0 atom stereocenters. The fraction of sp³-hybridized carbons (Fsp3) is 0.0556. The maximum absolute atomic E-state index is 12.2. The number of carbonyl (C=O) groups excluding carboxylic acids is 3. The first-order valence-corrected chi connectivity index (χ1v) is 7.85. The number of urea groups is 1. The van der Waals surface area contributed by atoms with Gasteiger partial charge in [-0.25, -0.2) is 4.79 Å². The van der Waals surface area contributed by atoms with Crippen LogP contribution < -0.4 is 10.4 Å². The van der Waals surface area contributed by atoms with E-state index < -0.39 is 17.9 Å². The van der Waals surface area contributed by atoms with Gasteiger partial charge >= 0.3 is 6.03 Å². The summed E-state index contributed by atoms with van der Waals surface area (Å²) in [5.41, 5.74) is 0.388. The molecule has 0 aliphatic carbocycles. The molecule has 1 saturated heterocycles. The Morgan fingerprint density at radius 1 is 1.31 bits per heavy atom. The minimum Gasteiger partial charge on any atom is -0.545 e. The number of hydrogen-bond acceptors (Lipinski definition) is 5. The van der Waals surface area contributed by atoms with Crippen LogP contribution in [-0.2, 0) is 4.79 Å². The van der Waals surface area contributed by atoms with Crippen molar-refractivity contribution in [2.75, 3.05) is 6.54 Å². The lowest BCUT2D eigenvalue weighted by Gasteiger charge is -2.06. The van der Waals surface area contributed by atoms with Crippen LogP contribution in [0, 0.1) is 0 Å². The fourth-order valence-electron chi connectivity index (χ4n) is 2.43. The quantitative estimate of drug-likeness (QED) is 0.492. The predicted octanol–water partition coefficient (Wildman–Crippen LogP) is 2.04. The molecule has 0 spiro atoms. The van der Waals surface area contributed by atoms with Crippen LogP contribution in [0.3, 0.4) is 0 Å². The van der Waals surface area contributed by atoms with Gasteiger partial charge in [-0.2, -0.15) is 0 Å². The molecule has 7 nitrogen and oxygen atoms in total. The van der Waals surface area contributed by atoms with Crippen molar-refractivity contribution in [2.45, 2.75) is 0 Å². The molecule has 2 heterocycles. The van der Waals surface area contributed by atoms with Gasteiger partial charge in [-0.1, -0.05) is 23.7 Å². The van der Waals surface area contributed by atoms with E-state index >= 15 is 0 Å². The molecule has 1 aromatic carbocycles. The molecule has 3 amide bonds. The number of carboxylic acids is 1. The van der Waals surface area contributed by atoms with Gasteiger partial charge < -0.3 is 19.6 Å². The van der Waals surface area contributed by atoms with Crippen LogP contribution >= 0.6 is 11.6 Å². The van der Waals surface area contributed by atoms with E-state index in [2.05, 4.69) is 11.9 Å². The van der Waals surface area contributed by atoms with E-state index in [1.165, 1.54) is 30.4 Å². The van der Waals surface area contributed by atoms with Crippen LogP contribution in [0.25, 0.3) is 17.4 Å². The van der Waals surface area contributed by atoms with Crippen molar-refractivity contribution in [1.29, 1.82) is 0 Å². The summed E-state index contributed by atoms with van der Waals surface area (Å²) in [6, 6.07) is 6.69. The molecule has 3 rings (SSSR count). The molecule has 132 valence electrons. The largest absolute Gasteiger partial charge is 0.545 e. The van der Waals surface area contributed by atoms with Crippen molar-refractivity contribution in [1.82, 2.24) is 10.2 Å². The molecule has 0 saturated carbocycles. The molecule has 1 N–H and O–H groups in total. The number of imide groups is 1. The third-order valence-electron chi connectivity index (χ3n) is 3.65. The van der Waals surface area contributed by atoms with Crippen molar-refractivity contribution >= 4 is 35.6 Å². The van der Waals surface area contributed by atoms with Crippen molar-refractivity contribution in [2.24, 2.45) is 0 Å². The second kappa shape index (κ2) is 6.89. The lowest BCUT2D eigenvalue weighted by atomic mass is 10.1. The summed E-state index contributed by atoms with van der Waals surface area (Å²) in [5, 5.41) is 13.7. The van der Waals surface area contributed by atoms with Crippen molar-refractivity contribution < 1.29 is 23.9 Å². The van der Waals surface area contributed by atoms with Crippen LogP contribution in [0.15, 0.2) is 53.1 Å². The molecule has 1 fully saturated rings. The second-order valence-corrected chi connectivity index (χ2v) is 5.78. The number of carbonyl (C=O) groups is 3. The van der Waals surface area contributed by atoms with Gasteiger partial charge in [-0.15, -0.1) is 6.58 Å². The van der Waals surface area contributed by atoms with Gasteiger partial charge in [-0.05, 0) is 29.8 Å². The van der Waals surface area contributed by atoms with Gasteiger partial charge in [0.2, 0.25) is 0 Å². The van der Waals surface area contributed by atoms with Crippen molar-refractivity contribution in [3.05, 3.63) is 65.0 Å². The molecule has 2 aromatic rings. The third-order valence-corrected chi connectivity index (χ3v) is 3.98. The minimum absolute atomic E-state index is 0.0426. The van der Waals surface area contributed by atoms with E-state index in [-0.39, 0.29) is 17.8 Å². The second-order valence-electron chi connectivity index (χ2n) is 5.38. The lowest BCUT2D eigenvalue weighted by Crippen LogP contribution is -2.30. The molecular formula is C18H12ClN2O5-. The third kappa shape index (κ3) is 3.25. The smallest absolute Gasteiger partial charge is 0.329 e. The Kier molecular flexibility index (Phi) is 4.64. The number of aromatic carboxylic acids is 1. The first-order valence-electron chi connectivity index (χ1n) is 7.47. The number of carboxylic acid groups (broad SMARTS) is 1. The van der Waals surface area contributed by atoms with E-state index in [0.717, 1.165) is 4.90 Å². The van der Waals surface area contributed by atoms with E-state index in [9.17, 15) is 19.5 Å². The topological polar surface area (TPSA) is 103 Å². The number of halogens is 1. The number of amides is 3. The predicted molar refractivity (Wildman–Crippen MR) is 91.9 cm³/mol. The zero-order valence-electron chi connectivity index (χ0n) is 13.3. The van der Waals surface area contributed by atoms with Crippen LogP contribution in [-0.4, -0.2) is 29.4 Å². The monoisotopic (exact) mass is 371 g/mol. The molecule has 0 unspecified atom stereocenters. The summed E-state index contributed by atoms with van der Waals surface area (Å²) in [5.74, 6) is -1.23. The van der Waals surface area contributed by atoms with Gasteiger partial charge in [0.05, 0.1) is 11.0 Å². The number of benzene rings is 1. The van der Waals surface area contributed by atoms with E-state index in [4.69, 9.17) is 16.0 Å². The molecule has 8 heteroatoms. The van der Waals surface area contributed by atoms with Crippen LogP contribution in [0.4, 0.5) is 4.79 Å². The number of nitrogens with one attached hydrogen (secondary N) is 1. The summed E-state index contributed by atoms with van der Waals surface area (Å²) >= 11 is 6.10. The zero-order valence-corrected chi connectivity index (χ0v) is 14.1. The average Bonchev–Trinajstić information content (AvgIpc) is 3.16.